The highest BCUT2D eigenvalue weighted by atomic mass is 16.7. The molecule has 3 rings (SSSR count). The van der Waals surface area contributed by atoms with Crippen molar-refractivity contribution < 1.29 is 33.5 Å². The average Bonchev–Trinajstić information content (AvgIpc) is 2.78. The van der Waals surface area contributed by atoms with E-state index in [1.165, 1.54) is 0 Å². The minimum atomic E-state index is -1.17. The van der Waals surface area contributed by atoms with Gasteiger partial charge in [-0.15, -0.1) is 0 Å². The number of benzene rings is 2. The summed E-state index contributed by atoms with van der Waals surface area (Å²) >= 11 is 0. The largest absolute Gasteiger partial charge is 0.497 e. The molecule has 2 aromatic rings. The van der Waals surface area contributed by atoms with E-state index in [-0.39, 0.29) is 6.61 Å². The van der Waals surface area contributed by atoms with E-state index >= 15 is 0 Å². The van der Waals surface area contributed by atoms with Crippen LogP contribution < -0.4 is 4.74 Å². The van der Waals surface area contributed by atoms with Gasteiger partial charge >= 0.3 is 0 Å². The molecule has 5 atom stereocenters. The van der Waals surface area contributed by atoms with Crippen molar-refractivity contribution in [3.8, 4) is 5.75 Å². The van der Waals surface area contributed by atoms with Crippen LogP contribution in [0.5, 0.6) is 5.75 Å². The summed E-state index contributed by atoms with van der Waals surface area (Å²) in [5.41, 5.74) is 1.96. The molecule has 1 heterocycles. The van der Waals surface area contributed by atoms with E-state index in [4.69, 9.17) is 28.4 Å². The van der Waals surface area contributed by atoms with Gasteiger partial charge in [0, 0.05) is 14.2 Å². The maximum Gasteiger partial charge on any atom is 0.184 e. The quantitative estimate of drug-likeness (QED) is 0.635. The van der Waals surface area contributed by atoms with Crippen LogP contribution in [0.25, 0.3) is 0 Å². The van der Waals surface area contributed by atoms with Crippen molar-refractivity contribution in [2.75, 3.05) is 27.9 Å². The highest BCUT2D eigenvalue weighted by molar-refractivity contribution is 5.26. The molecule has 1 saturated heterocycles. The van der Waals surface area contributed by atoms with Crippen LogP contribution >= 0.6 is 0 Å². The molecule has 164 valence electrons. The Morgan fingerprint density at radius 2 is 1.43 bits per heavy atom. The molecule has 0 amide bonds. The summed E-state index contributed by atoms with van der Waals surface area (Å²) < 4.78 is 34.1. The molecular weight excluding hydrogens is 388 g/mol. The van der Waals surface area contributed by atoms with Gasteiger partial charge in [0.1, 0.15) is 30.2 Å². The van der Waals surface area contributed by atoms with Crippen molar-refractivity contribution in [1.29, 1.82) is 0 Å². The monoisotopic (exact) mass is 418 g/mol. The zero-order valence-corrected chi connectivity index (χ0v) is 17.6. The second-order valence-corrected chi connectivity index (χ2v) is 7.11. The highest BCUT2D eigenvalue weighted by Gasteiger charge is 2.47. The van der Waals surface area contributed by atoms with Crippen LogP contribution in [-0.2, 0) is 36.9 Å². The van der Waals surface area contributed by atoms with Gasteiger partial charge in [-0.1, -0.05) is 42.5 Å². The number of methoxy groups -OCH3 is 3. The Kier molecular flexibility index (Phi) is 8.62. The standard InChI is InChI=1S/C23H30O7/c1-25-15-19-20(27-3)21(28-14-17-9-11-18(26-2)12-10-17)22(23(24)30-19)29-13-16-7-5-4-6-8-16/h4-12,19-24H,13-15H2,1-3H3/t19-,20-,21+,22-,23+/m1/s1. The Labute approximate surface area is 177 Å². The third-order valence-corrected chi connectivity index (χ3v) is 5.10. The average molecular weight is 418 g/mol. The lowest BCUT2D eigenvalue weighted by Crippen LogP contribution is -2.60. The van der Waals surface area contributed by atoms with E-state index in [9.17, 15) is 5.11 Å². The number of rotatable bonds is 10. The predicted molar refractivity (Wildman–Crippen MR) is 110 cm³/mol. The van der Waals surface area contributed by atoms with E-state index in [1.807, 2.05) is 54.6 Å². The number of ether oxygens (including phenoxy) is 6. The third kappa shape index (κ3) is 5.78. The molecule has 0 unspecified atom stereocenters. The maximum atomic E-state index is 10.6. The topological polar surface area (TPSA) is 75.6 Å². The number of aliphatic hydroxyl groups excluding tert-OH is 1. The van der Waals surface area contributed by atoms with Gasteiger partial charge in [-0.2, -0.15) is 0 Å². The minimum absolute atomic E-state index is 0.267. The second kappa shape index (κ2) is 11.4. The maximum absolute atomic E-state index is 10.6. The van der Waals surface area contributed by atoms with Gasteiger partial charge in [0.2, 0.25) is 0 Å². The number of hydrogen-bond donors (Lipinski definition) is 1. The molecule has 7 heteroatoms. The number of hydrogen-bond acceptors (Lipinski definition) is 7. The first-order chi connectivity index (χ1) is 14.7. The first kappa shape index (κ1) is 22.7. The van der Waals surface area contributed by atoms with Crippen LogP contribution in [-0.4, -0.2) is 63.7 Å². The van der Waals surface area contributed by atoms with Crippen LogP contribution in [0.2, 0.25) is 0 Å². The lowest BCUT2D eigenvalue weighted by Gasteiger charge is -2.43. The first-order valence-corrected chi connectivity index (χ1v) is 9.91. The Morgan fingerprint density at radius 1 is 0.800 bits per heavy atom. The third-order valence-electron chi connectivity index (χ3n) is 5.10. The summed E-state index contributed by atoms with van der Waals surface area (Å²) in [6.45, 7) is 0.912. The molecule has 7 nitrogen and oxygen atoms in total. The molecule has 0 radical (unpaired) electrons. The fourth-order valence-electron chi connectivity index (χ4n) is 3.53. The Bertz CT molecular complexity index is 737. The van der Waals surface area contributed by atoms with E-state index in [1.54, 1.807) is 21.3 Å². The molecule has 0 saturated carbocycles. The fourth-order valence-corrected chi connectivity index (χ4v) is 3.53. The summed E-state index contributed by atoms with van der Waals surface area (Å²) in [6, 6.07) is 17.4. The van der Waals surface area contributed by atoms with Crippen molar-refractivity contribution >= 4 is 0 Å². The molecule has 1 N–H and O–H groups in total. The van der Waals surface area contributed by atoms with Gasteiger partial charge < -0.3 is 33.5 Å². The highest BCUT2D eigenvalue weighted by Crippen LogP contribution is 2.28. The molecule has 0 bridgehead atoms. The number of aliphatic hydroxyl groups is 1. The fraction of sp³-hybridized carbons (Fsp3) is 0.478. The van der Waals surface area contributed by atoms with Gasteiger partial charge in [0.15, 0.2) is 6.29 Å². The Hall–Kier alpha value is -2.00. The Morgan fingerprint density at radius 3 is 2.03 bits per heavy atom. The van der Waals surface area contributed by atoms with Gasteiger partial charge in [-0.25, -0.2) is 0 Å². The molecular formula is C23H30O7. The van der Waals surface area contributed by atoms with Crippen LogP contribution in [0.1, 0.15) is 11.1 Å². The lowest BCUT2D eigenvalue weighted by molar-refractivity contribution is -0.311. The van der Waals surface area contributed by atoms with Crippen molar-refractivity contribution in [3.63, 3.8) is 0 Å². The normalized spacial score (nSPS) is 26.5. The summed E-state index contributed by atoms with van der Waals surface area (Å²) in [7, 11) is 4.79. The van der Waals surface area contributed by atoms with Crippen LogP contribution in [0, 0.1) is 0 Å². The molecule has 1 fully saturated rings. The molecule has 30 heavy (non-hydrogen) atoms. The molecule has 0 spiro atoms. The Balaban J connectivity index is 1.74. The van der Waals surface area contributed by atoms with Gasteiger partial charge in [0.25, 0.3) is 0 Å². The van der Waals surface area contributed by atoms with Crippen LogP contribution in [0.15, 0.2) is 54.6 Å². The van der Waals surface area contributed by atoms with Gasteiger partial charge in [-0.3, -0.25) is 0 Å². The van der Waals surface area contributed by atoms with Crippen molar-refractivity contribution in [1.82, 2.24) is 0 Å². The van der Waals surface area contributed by atoms with Crippen molar-refractivity contribution in [2.24, 2.45) is 0 Å². The molecule has 1 aliphatic rings. The van der Waals surface area contributed by atoms with Crippen LogP contribution in [0.4, 0.5) is 0 Å². The molecule has 1 aliphatic heterocycles. The van der Waals surface area contributed by atoms with E-state index in [0.717, 1.165) is 16.9 Å². The first-order valence-electron chi connectivity index (χ1n) is 9.91. The van der Waals surface area contributed by atoms with Crippen molar-refractivity contribution in [2.45, 2.75) is 43.9 Å². The van der Waals surface area contributed by atoms with E-state index in [2.05, 4.69) is 0 Å². The molecule has 2 aromatic carbocycles. The zero-order valence-electron chi connectivity index (χ0n) is 17.6. The summed E-state index contributed by atoms with van der Waals surface area (Å²) in [5.74, 6) is 0.777. The zero-order chi connectivity index (χ0) is 21.3. The van der Waals surface area contributed by atoms with Crippen LogP contribution in [0.3, 0.4) is 0 Å². The van der Waals surface area contributed by atoms with Gasteiger partial charge in [0.05, 0.1) is 26.9 Å². The predicted octanol–water partition coefficient (Wildman–Crippen LogP) is 2.54. The van der Waals surface area contributed by atoms with E-state index in [0.29, 0.717) is 13.2 Å². The lowest BCUT2D eigenvalue weighted by atomic mass is 9.98. The smallest absolute Gasteiger partial charge is 0.184 e. The summed E-state index contributed by atoms with van der Waals surface area (Å²) in [6.07, 6.45) is -3.38. The SMILES string of the molecule is COC[C@H]1O[C@H](O)[C@H](OCc2ccccc2)[C@@H](OCc2ccc(OC)cc2)[C@@H]1OC. The molecule has 0 aliphatic carbocycles. The van der Waals surface area contributed by atoms with E-state index < -0.39 is 30.7 Å². The summed E-state index contributed by atoms with van der Waals surface area (Å²) in [4.78, 5) is 0. The van der Waals surface area contributed by atoms with Gasteiger partial charge in [-0.05, 0) is 23.3 Å². The minimum Gasteiger partial charge on any atom is -0.497 e. The second-order valence-electron chi connectivity index (χ2n) is 7.11. The van der Waals surface area contributed by atoms with Crippen molar-refractivity contribution in [3.05, 3.63) is 65.7 Å². The summed E-state index contributed by atoms with van der Waals surface area (Å²) in [5, 5.41) is 10.6. The molecule has 0 aromatic heterocycles.